The maximum Gasteiger partial charge on any atom is 0.340 e. The van der Waals surface area contributed by atoms with E-state index in [1.807, 2.05) is 19.9 Å². The number of carbonyl (C=O) groups is 1. The lowest BCUT2D eigenvalue weighted by Gasteiger charge is -2.37. The molecule has 3 heterocycles. The van der Waals surface area contributed by atoms with Crippen LogP contribution in [0.2, 0.25) is 0 Å². The SMILES string of the molecule is Cc1cc(C(C)Nc2cccc(F)c2C(=O)O)c2nc(N3CCC(C)(C)CC3)cc(=O)n2c1. The lowest BCUT2D eigenvalue weighted by molar-refractivity contribution is 0.0693. The fraction of sp³-hybridized carbons (Fsp3) is 0.400. The second kappa shape index (κ2) is 8.50. The summed E-state index contributed by atoms with van der Waals surface area (Å²) in [6, 6.07) is 7.17. The van der Waals surface area contributed by atoms with E-state index in [1.54, 1.807) is 12.3 Å². The number of carboxylic acids is 1. The summed E-state index contributed by atoms with van der Waals surface area (Å²) in [5.41, 5.74) is 1.95. The molecule has 0 aliphatic carbocycles. The van der Waals surface area contributed by atoms with E-state index in [1.165, 1.54) is 16.5 Å². The van der Waals surface area contributed by atoms with Crippen LogP contribution in [-0.4, -0.2) is 33.6 Å². The molecule has 2 N–H and O–H groups in total. The molecule has 1 aliphatic rings. The molecule has 1 unspecified atom stereocenters. The van der Waals surface area contributed by atoms with Crippen LogP contribution < -0.4 is 15.8 Å². The van der Waals surface area contributed by atoms with Crippen molar-refractivity contribution in [2.75, 3.05) is 23.3 Å². The lowest BCUT2D eigenvalue weighted by atomic mass is 9.83. The van der Waals surface area contributed by atoms with E-state index in [-0.39, 0.29) is 16.7 Å². The average Bonchev–Trinajstić information content (AvgIpc) is 2.73. The van der Waals surface area contributed by atoms with Crippen LogP contribution in [0, 0.1) is 18.2 Å². The highest BCUT2D eigenvalue weighted by Gasteiger charge is 2.27. The maximum absolute atomic E-state index is 14.2. The van der Waals surface area contributed by atoms with Crippen LogP contribution in [0.1, 0.15) is 61.1 Å². The molecule has 0 spiro atoms. The van der Waals surface area contributed by atoms with Crippen molar-refractivity contribution in [3.05, 3.63) is 69.4 Å². The smallest absolute Gasteiger partial charge is 0.340 e. The maximum atomic E-state index is 14.2. The average molecular weight is 453 g/mol. The van der Waals surface area contributed by atoms with Gasteiger partial charge in [-0.3, -0.25) is 9.20 Å². The van der Waals surface area contributed by atoms with Crippen LogP contribution in [-0.2, 0) is 0 Å². The van der Waals surface area contributed by atoms with E-state index in [9.17, 15) is 19.1 Å². The number of nitrogens with one attached hydrogen (secondary N) is 1. The molecule has 4 rings (SSSR count). The van der Waals surface area contributed by atoms with E-state index >= 15 is 0 Å². The first-order valence-electron chi connectivity index (χ1n) is 11.1. The number of aryl methyl sites for hydroxylation is 1. The predicted octanol–water partition coefficient (Wildman–Crippen LogP) is 4.64. The Labute approximate surface area is 191 Å². The molecule has 33 heavy (non-hydrogen) atoms. The Kier molecular flexibility index (Phi) is 5.86. The number of aromatic nitrogens is 2. The van der Waals surface area contributed by atoms with Crippen molar-refractivity contribution in [1.82, 2.24) is 9.38 Å². The van der Waals surface area contributed by atoms with Crippen molar-refractivity contribution in [1.29, 1.82) is 0 Å². The number of hydrogen-bond donors (Lipinski definition) is 2. The van der Waals surface area contributed by atoms with Gasteiger partial charge in [-0.05, 0) is 55.9 Å². The Bertz CT molecular complexity index is 1270. The van der Waals surface area contributed by atoms with Gasteiger partial charge in [-0.25, -0.2) is 14.2 Å². The van der Waals surface area contributed by atoms with E-state index in [4.69, 9.17) is 4.98 Å². The third-order valence-electron chi connectivity index (χ3n) is 6.42. The van der Waals surface area contributed by atoms with Gasteiger partial charge in [-0.2, -0.15) is 0 Å². The van der Waals surface area contributed by atoms with Crippen LogP contribution in [0.4, 0.5) is 15.9 Å². The highest BCUT2D eigenvalue weighted by atomic mass is 19.1. The molecule has 0 amide bonds. The van der Waals surface area contributed by atoms with Gasteiger partial charge in [0.1, 0.15) is 22.8 Å². The fourth-order valence-electron chi connectivity index (χ4n) is 4.35. The summed E-state index contributed by atoms with van der Waals surface area (Å²) in [5, 5.41) is 12.6. The summed E-state index contributed by atoms with van der Waals surface area (Å²) in [4.78, 5) is 31.6. The van der Waals surface area contributed by atoms with Crippen LogP contribution in [0.5, 0.6) is 0 Å². The number of piperidine rings is 1. The summed E-state index contributed by atoms with van der Waals surface area (Å²) in [6.45, 7) is 9.88. The number of rotatable bonds is 5. The van der Waals surface area contributed by atoms with Crippen LogP contribution in [0.15, 0.2) is 41.3 Å². The molecule has 7 nitrogen and oxygen atoms in total. The van der Waals surface area contributed by atoms with E-state index in [0.29, 0.717) is 11.5 Å². The molecule has 1 saturated heterocycles. The Morgan fingerprint density at radius 1 is 1.24 bits per heavy atom. The third-order valence-corrected chi connectivity index (χ3v) is 6.42. The molecule has 1 fully saturated rings. The largest absolute Gasteiger partial charge is 0.478 e. The lowest BCUT2D eigenvalue weighted by Crippen LogP contribution is -2.38. The number of aromatic carboxylic acids is 1. The molecule has 0 radical (unpaired) electrons. The van der Waals surface area contributed by atoms with Gasteiger partial charge >= 0.3 is 5.97 Å². The molecular weight excluding hydrogens is 423 g/mol. The minimum atomic E-state index is -1.35. The van der Waals surface area contributed by atoms with Crippen molar-refractivity contribution in [3.63, 3.8) is 0 Å². The summed E-state index contributed by atoms with van der Waals surface area (Å²) in [6.07, 6.45) is 3.78. The van der Waals surface area contributed by atoms with Crippen LogP contribution >= 0.6 is 0 Å². The first-order chi connectivity index (χ1) is 15.6. The van der Waals surface area contributed by atoms with Gasteiger partial charge < -0.3 is 15.3 Å². The van der Waals surface area contributed by atoms with Gasteiger partial charge in [-0.1, -0.05) is 19.9 Å². The number of pyridine rings is 1. The van der Waals surface area contributed by atoms with Crippen molar-refractivity contribution < 1.29 is 14.3 Å². The van der Waals surface area contributed by atoms with Crippen LogP contribution in [0.25, 0.3) is 5.65 Å². The molecule has 2 aromatic heterocycles. The molecular formula is C25H29FN4O3. The number of halogens is 1. The minimum absolute atomic E-state index is 0.172. The van der Waals surface area contributed by atoms with E-state index in [0.717, 1.165) is 43.1 Å². The second-order valence-electron chi connectivity index (χ2n) is 9.60. The monoisotopic (exact) mass is 452 g/mol. The number of carboxylic acid groups (broad SMARTS) is 1. The highest BCUT2D eigenvalue weighted by Crippen LogP contribution is 2.32. The first kappa shape index (κ1) is 22.8. The molecule has 1 aromatic carbocycles. The van der Waals surface area contributed by atoms with Crippen LogP contribution in [0.3, 0.4) is 0 Å². The van der Waals surface area contributed by atoms with Crippen molar-refractivity contribution >= 4 is 23.1 Å². The zero-order chi connectivity index (χ0) is 23.9. The molecule has 1 atom stereocenters. The molecule has 0 saturated carbocycles. The Balaban J connectivity index is 1.76. The van der Waals surface area contributed by atoms with Gasteiger partial charge in [0.05, 0.1) is 11.7 Å². The Hall–Kier alpha value is -3.42. The van der Waals surface area contributed by atoms with Gasteiger partial charge in [0.15, 0.2) is 0 Å². The fourth-order valence-corrected chi connectivity index (χ4v) is 4.35. The van der Waals surface area contributed by atoms with E-state index < -0.39 is 23.4 Å². The predicted molar refractivity (Wildman–Crippen MR) is 127 cm³/mol. The third kappa shape index (κ3) is 4.55. The highest BCUT2D eigenvalue weighted by molar-refractivity contribution is 5.94. The molecule has 0 bridgehead atoms. The number of nitrogens with zero attached hydrogens (tertiary/aromatic N) is 3. The number of anilines is 2. The molecule has 3 aromatic rings. The van der Waals surface area contributed by atoms with Crippen molar-refractivity contribution in [2.24, 2.45) is 5.41 Å². The van der Waals surface area contributed by atoms with Gasteiger partial charge in [0.25, 0.3) is 5.56 Å². The van der Waals surface area contributed by atoms with Crippen molar-refractivity contribution in [3.8, 4) is 0 Å². The summed E-state index contributed by atoms with van der Waals surface area (Å²) < 4.78 is 15.7. The summed E-state index contributed by atoms with van der Waals surface area (Å²) in [5.74, 6) is -1.51. The van der Waals surface area contributed by atoms with Gasteiger partial charge in [0, 0.05) is 30.9 Å². The zero-order valence-electron chi connectivity index (χ0n) is 19.4. The zero-order valence-corrected chi connectivity index (χ0v) is 19.4. The molecule has 1 aliphatic heterocycles. The second-order valence-corrected chi connectivity index (χ2v) is 9.60. The van der Waals surface area contributed by atoms with Gasteiger partial charge in [-0.15, -0.1) is 0 Å². The number of hydrogen-bond acceptors (Lipinski definition) is 5. The number of benzene rings is 1. The standard InChI is InChI=1S/C25H29FN4O3/c1-15-12-17(16(2)27-19-7-5-6-18(26)22(19)24(32)33)23-28-20(13-21(31)30(23)14-15)29-10-8-25(3,4)9-11-29/h5-7,12-14,16,27H,8-11H2,1-4H3,(H,32,33). The Morgan fingerprint density at radius 2 is 1.94 bits per heavy atom. The Morgan fingerprint density at radius 3 is 2.61 bits per heavy atom. The van der Waals surface area contributed by atoms with Crippen molar-refractivity contribution in [2.45, 2.75) is 46.6 Å². The molecule has 8 heteroatoms. The quantitative estimate of drug-likeness (QED) is 0.587. The minimum Gasteiger partial charge on any atom is -0.478 e. The topological polar surface area (TPSA) is 86.9 Å². The van der Waals surface area contributed by atoms with E-state index in [2.05, 4.69) is 24.1 Å². The summed E-state index contributed by atoms with van der Waals surface area (Å²) >= 11 is 0. The number of fused-ring (bicyclic) bond motifs is 1. The normalized spacial score (nSPS) is 16.6. The summed E-state index contributed by atoms with van der Waals surface area (Å²) in [7, 11) is 0. The van der Waals surface area contributed by atoms with Gasteiger partial charge in [0.2, 0.25) is 0 Å². The molecule has 174 valence electrons. The first-order valence-corrected chi connectivity index (χ1v) is 11.1.